The van der Waals surface area contributed by atoms with Crippen LogP contribution in [0.1, 0.15) is 4.88 Å². The summed E-state index contributed by atoms with van der Waals surface area (Å²) < 4.78 is 1.71. The van der Waals surface area contributed by atoms with Crippen LogP contribution in [-0.4, -0.2) is 31.7 Å². The van der Waals surface area contributed by atoms with E-state index in [2.05, 4.69) is 20.5 Å². The van der Waals surface area contributed by atoms with Crippen molar-refractivity contribution < 1.29 is 0 Å². The highest BCUT2D eigenvalue weighted by Gasteiger charge is 2.06. The Bertz CT molecular complexity index is 397. The second-order valence-electron chi connectivity index (χ2n) is 2.73. The summed E-state index contributed by atoms with van der Waals surface area (Å²) in [5, 5.41) is 12.2. The van der Waals surface area contributed by atoms with Crippen molar-refractivity contribution in [3.8, 4) is 0 Å². The van der Waals surface area contributed by atoms with Crippen LogP contribution in [0.25, 0.3) is 0 Å². The number of nitrogens with two attached hydrogens (primary N) is 1. The maximum Gasteiger partial charge on any atom is 0.209 e. The Morgan fingerprint density at radius 3 is 3.20 bits per heavy atom. The van der Waals surface area contributed by atoms with Gasteiger partial charge in [-0.1, -0.05) is 11.8 Å². The molecule has 8 heteroatoms. The summed E-state index contributed by atoms with van der Waals surface area (Å²) in [6.45, 7) is 1.19. The number of nitrogens with zero attached hydrogens (tertiary/aromatic N) is 5. The zero-order valence-corrected chi connectivity index (χ0v) is 9.54. The average Bonchev–Trinajstić information content (AvgIpc) is 2.85. The van der Waals surface area contributed by atoms with Gasteiger partial charge in [-0.15, -0.1) is 16.4 Å². The van der Waals surface area contributed by atoms with E-state index in [9.17, 15) is 0 Å². The molecule has 0 saturated heterocycles. The molecule has 0 unspecified atom stereocenters. The molecular weight excluding hydrogens is 232 g/mol. The number of rotatable bonds is 5. The first-order valence-corrected chi connectivity index (χ1v) is 6.23. The van der Waals surface area contributed by atoms with E-state index >= 15 is 0 Å². The second-order valence-corrected chi connectivity index (χ2v) is 4.64. The SMILES string of the molecule is NCCn1nnnc1SCc1cncs1. The molecule has 0 aromatic carbocycles. The van der Waals surface area contributed by atoms with E-state index in [0.717, 1.165) is 10.9 Å². The van der Waals surface area contributed by atoms with Crippen LogP contribution in [0.4, 0.5) is 0 Å². The maximum atomic E-state index is 5.45. The van der Waals surface area contributed by atoms with Crippen molar-refractivity contribution in [1.82, 2.24) is 25.2 Å². The summed E-state index contributed by atoms with van der Waals surface area (Å²) in [4.78, 5) is 5.22. The lowest BCUT2D eigenvalue weighted by atomic mass is 10.6. The third kappa shape index (κ3) is 2.74. The first-order chi connectivity index (χ1) is 7.40. The number of aromatic nitrogens is 5. The fraction of sp³-hybridized carbons (Fsp3) is 0.429. The Balaban J connectivity index is 1.95. The molecule has 0 fully saturated rings. The van der Waals surface area contributed by atoms with Crippen LogP contribution < -0.4 is 5.73 Å². The summed E-state index contributed by atoms with van der Waals surface area (Å²) in [7, 11) is 0. The predicted octanol–water partition coefficient (Wildman–Crippen LogP) is 0.381. The fourth-order valence-corrected chi connectivity index (χ4v) is 2.56. The quantitative estimate of drug-likeness (QED) is 0.763. The third-order valence-electron chi connectivity index (χ3n) is 1.67. The van der Waals surface area contributed by atoms with Gasteiger partial charge in [0.05, 0.1) is 12.1 Å². The molecule has 0 aliphatic heterocycles. The zero-order chi connectivity index (χ0) is 10.5. The molecule has 0 aliphatic carbocycles. The van der Waals surface area contributed by atoms with Gasteiger partial charge in [0.25, 0.3) is 0 Å². The standard InChI is InChI=1S/C7H10N6S2/c8-1-2-13-7(10-11-12-13)14-4-6-3-9-5-15-6/h3,5H,1-2,4,8H2. The van der Waals surface area contributed by atoms with Crippen LogP contribution in [0.5, 0.6) is 0 Å². The van der Waals surface area contributed by atoms with Crippen molar-refractivity contribution in [2.75, 3.05) is 6.54 Å². The normalized spacial score (nSPS) is 10.7. The van der Waals surface area contributed by atoms with E-state index < -0.39 is 0 Å². The van der Waals surface area contributed by atoms with Crippen LogP contribution in [0.2, 0.25) is 0 Å². The smallest absolute Gasteiger partial charge is 0.209 e. The van der Waals surface area contributed by atoms with Crippen molar-refractivity contribution in [1.29, 1.82) is 0 Å². The van der Waals surface area contributed by atoms with Gasteiger partial charge < -0.3 is 5.73 Å². The van der Waals surface area contributed by atoms with E-state index in [1.807, 2.05) is 11.7 Å². The predicted molar refractivity (Wildman–Crippen MR) is 58.5 cm³/mol. The van der Waals surface area contributed by atoms with Gasteiger partial charge in [0, 0.05) is 23.4 Å². The second kappa shape index (κ2) is 5.19. The van der Waals surface area contributed by atoms with Crippen molar-refractivity contribution in [2.45, 2.75) is 17.5 Å². The minimum Gasteiger partial charge on any atom is -0.329 e. The summed E-state index contributed by atoms with van der Waals surface area (Å²) >= 11 is 3.22. The number of hydrogen-bond donors (Lipinski definition) is 1. The maximum absolute atomic E-state index is 5.45. The van der Waals surface area contributed by atoms with Crippen LogP contribution in [0.15, 0.2) is 16.9 Å². The van der Waals surface area contributed by atoms with Gasteiger partial charge in [0.1, 0.15) is 0 Å². The molecule has 15 heavy (non-hydrogen) atoms. The minimum atomic E-state index is 0.541. The molecular formula is C7H10N6S2. The van der Waals surface area contributed by atoms with E-state index in [1.165, 1.54) is 4.88 Å². The molecule has 0 amide bonds. The minimum absolute atomic E-state index is 0.541. The molecule has 0 bridgehead atoms. The average molecular weight is 242 g/mol. The molecule has 0 aliphatic rings. The molecule has 2 rings (SSSR count). The fourth-order valence-electron chi connectivity index (χ4n) is 1.01. The van der Waals surface area contributed by atoms with Gasteiger partial charge in [-0.05, 0) is 10.4 Å². The molecule has 0 atom stereocenters. The Hall–Kier alpha value is -0.990. The van der Waals surface area contributed by atoms with Gasteiger partial charge in [0.2, 0.25) is 5.16 Å². The Labute approximate surface area is 94.9 Å². The van der Waals surface area contributed by atoms with Crippen molar-refractivity contribution in [3.63, 3.8) is 0 Å². The van der Waals surface area contributed by atoms with E-state index in [4.69, 9.17) is 5.73 Å². The highest BCUT2D eigenvalue weighted by molar-refractivity contribution is 7.98. The van der Waals surface area contributed by atoms with Gasteiger partial charge >= 0.3 is 0 Å². The van der Waals surface area contributed by atoms with Gasteiger partial charge in [-0.3, -0.25) is 4.98 Å². The first-order valence-electron chi connectivity index (χ1n) is 4.36. The first kappa shape index (κ1) is 10.5. The molecule has 2 N–H and O–H groups in total. The van der Waals surface area contributed by atoms with Crippen LogP contribution >= 0.6 is 23.1 Å². The number of tetrazole rings is 1. The Kier molecular flexibility index (Phi) is 3.64. The van der Waals surface area contributed by atoms with Crippen LogP contribution in [-0.2, 0) is 12.3 Å². The summed E-state index contributed by atoms with van der Waals surface area (Å²) in [6, 6.07) is 0. The van der Waals surface area contributed by atoms with E-state index in [0.29, 0.717) is 13.1 Å². The molecule has 80 valence electrons. The molecule has 0 saturated carbocycles. The van der Waals surface area contributed by atoms with Gasteiger partial charge in [-0.25, -0.2) is 4.68 Å². The summed E-state index contributed by atoms with van der Waals surface area (Å²) in [5.41, 5.74) is 7.26. The molecule has 2 heterocycles. The van der Waals surface area contributed by atoms with Crippen LogP contribution in [0, 0.1) is 0 Å². The largest absolute Gasteiger partial charge is 0.329 e. The third-order valence-corrected chi connectivity index (χ3v) is 3.64. The Morgan fingerprint density at radius 1 is 1.53 bits per heavy atom. The van der Waals surface area contributed by atoms with E-state index in [-0.39, 0.29) is 0 Å². The molecule has 0 radical (unpaired) electrons. The molecule has 2 aromatic heterocycles. The lowest BCUT2D eigenvalue weighted by Gasteiger charge is -2.00. The van der Waals surface area contributed by atoms with Crippen LogP contribution in [0.3, 0.4) is 0 Å². The molecule has 6 nitrogen and oxygen atoms in total. The highest BCUT2D eigenvalue weighted by atomic mass is 32.2. The number of hydrogen-bond acceptors (Lipinski definition) is 7. The van der Waals surface area contributed by atoms with Crippen molar-refractivity contribution >= 4 is 23.1 Å². The lowest BCUT2D eigenvalue weighted by molar-refractivity contribution is 0.557. The lowest BCUT2D eigenvalue weighted by Crippen LogP contribution is -2.12. The van der Waals surface area contributed by atoms with Crippen molar-refractivity contribution in [3.05, 3.63) is 16.6 Å². The highest BCUT2D eigenvalue weighted by Crippen LogP contribution is 2.21. The molecule has 2 aromatic rings. The Morgan fingerprint density at radius 2 is 2.47 bits per heavy atom. The summed E-state index contributed by atoms with van der Waals surface area (Å²) in [6.07, 6.45) is 1.86. The zero-order valence-electron chi connectivity index (χ0n) is 7.91. The van der Waals surface area contributed by atoms with Crippen molar-refractivity contribution in [2.24, 2.45) is 5.73 Å². The van der Waals surface area contributed by atoms with Gasteiger partial charge in [-0.2, -0.15) is 0 Å². The topological polar surface area (TPSA) is 82.5 Å². The van der Waals surface area contributed by atoms with Gasteiger partial charge in [0.15, 0.2) is 0 Å². The summed E-state index contributed by atoms with van der Waals surface area (Å²) in [5.74, 6) is 0.843. The van der Waals surface area contributed by atoms with E-state index in [1.54, 1.807) is 27.8 Å². The molecule has 0 spiro atoms. The number of thiazole rings is 1. The monoisotopic (exact) mass is 242 g/mol. The number of thioether (sulfide) groups is 1.